The van der Waals surface area contributed by atoms with Crippen LogP contribution in [-0.4, -0.2) is 31.1 Å². The maximum absolute atomic E-state index is 12.8. The first kappa shape index (κ1) is 36.4. The largest absolute Gasteiger partial charge is 0.392 e. The molecule has 1 heterocycles. The topological polar surface area (TPSA) is 88.1 Å². The Hall–Kier alpha value is -4.93. The molecule has 7 nitrogen and oxygen atoms in total. The molecule has 1 aliphatic rings. The van der Waals surface area contributed by atoms with Crippen LogP contribution >= 0.6 is 0 Å². The molecular formula is C45H44N2O5S. The van der Waals surface area contributed by atoms with Gasteiger partial charge >= 0.3 is 0 Å². The summed E-state index contributed by atoms with van der Waals surface area (Å²) in [5.74, 6) is 0. The highest BCUT2D eigenvalue weighted by atomic mass is 32.2. The van der Waals surface area contributed by atoms with E-state index in [0.717, 1.165) is 46.5 Å². The molecular weight excluding hydrogens is 681 g/mol. The molecule has 53 heavy (non-hydrogen) atoms. The molecule has 3 atom stereocenters. The van der Waals surface area contributed by atoms with E-state index in [9.17, 15) is 13.5 Å². The van der Waals surface area contributed by atoms with Crippen molar-refractivity contribution in [1.82, 2.24) is 9.62 Å². The number of hydrogen-bond acceptors (Lipinski definition) is 6. The Morgan fingerprint density at radius 1 is 0.604 bits per heavy atom. The quantitative estimate of drug-likeness (QED) is 0.117. The van der Waals surface area contributed by atoms with Gasteiger partial charge in [-0.05, 0) is 57.1 Å². The summed E-state index contributed by atoms with van der Waals surface area (Å²) in [7, 11) is -3.62. The molecule has 0 radical (unpaired) electrons. The van der Waals surface area contributed by atoms with Crippen LogP contribution in [0.5, 0.6) is 0 Å². The van der Waals surface area contributed by atoms with Crippen LogP contribution in [0, 0.1) is 0 Å². The minimum Gasteiger partial charge on any atom is -0.392 e. The SMILES string of the molecule is O=S(=O)(NCc1cccc(-c2ccc([C@H]3O[C@@H](CN(Cc4ccccc4)Cc4ccccc4)C[C@@H](c4ccc(CO)cc4)O3)cc2)c1)c1ccccc1. The Kier molecular flexibility index (Phi) is 11.9. The van der Waals surface area contributed by atoms with Gasteiger partial charge in [-0.25, -0.2) is 13.1 Å². The second kappa shape index (κ2) is 17.3. The fraction of sp³-hybridized carbons (Fsp3) is 0.200. The van der Waals surface area contributed by atoms with Gasteiger partial charge in [0.15, 0.2) is 6.29 Å². The second-order valence-corrected chi connectivity index (χ2v) is 15.2. The summed E-state index contributed by atoms with van der Waals surface area (Å²) in [6.07, 6.45) is -0.203. The van der Waals surface area contributed by atoms with Gasteiger partial charge in [0, 0.05) is 38.2 Å². The van der Waals surface area contributed by atoms with Gasteiger partial charge in [-0.2, -0.15) is 0 Å². The Labute approximate surface area is 312 Å². The van der Waals surface area contributed by atoms with Crippen LogP contribution in [-0.2, 0) is 45.7 Å². The zero-order chi connectivity index (χ0) is 36.5. The Morgan fingerprint density at radius 3 is 1.81 bits per heavy atom. The zero-order valence-corrected chi connectivity index (χ0v) is 30.3. The van der Waals surface area contributed by atoms with Gasteiger partial charge in [-0.1, -0.05) is 146 Å². The van der Waals surface area contributed by atoms with E-state index in [2.05, 4.69) is 70.3 Å². The van der Waals surface area contributed by atoms with E-state index in [-0.39, 0.29) is 30.3 Å². The first-order valence-corrected chi connectivity index (χ1v) is 19.4. The van der Waals surface area contributed by atoms with Crippen molar-refractivity contribution >= 4 is 10.0 Å². The summed E-state index contributed by atoms with van der Waals surface area (Å²) in [5.41, 5.74) is 8.16. The fourth-order valence-electron chi connectivity index (χ4n) is 6.74. The monoisotopic (exact) mass is 724 g/mol. The molecule has 0 aliphatic carbocycles. The lowest BCUT2D eigenvalue weighted by atomic mass is 9.98. The molecule has 0 unspecified atom stereocenters. The van der Waals surface area contributed by atoms with Gasteiger partial charge < -0.3 is 14.6 Å². The van der Waals surface area contributed by atoms with E-state index in [1.807, 2.05) is 72.8 Å². The van der Waals surface area contributed by atoms with Gasteiger partial charge in [0.1, 0.15) is 0 Å². The van der Waals surface area contributed by atoms with E-state index in [4.69, 9.17) is 9.47 Å². The molecule has 1 fully saturated rings. The first-order chi connectivity index (χ1) is 25.9. The maximum atomic E-state index is 12.8. The standard InChI is InChI=1S/C45H44N2O5S/c48-33-36-19-21-39(22-20-36)44-28-42(32-47(30-34-11-4-1-5-12-34)31-35-13-6-2-7-14-35)51-45(52-44)40-25-23-38(24-26-40)41-16-10-15-37(27-41)29-46-53(49,50)43-17-8-3-9-18-43/h1-27,42,44-46,48H,28-33H2/t42-,44+,45+/m1/s1. The van der Waals surface area contributed by atoms with Crippen LogP contribution in [0.4, 0.5) is 0 Å². The third kappa shape index (κ3) is 9.74. The molecule has 0 bridgehead atoms. The van der Waals surface area contributed by atoms with Crippen molar-refractivity contribution in [2.75, 3.05) is 6.54 Å². The lowest BCUT2D eigenvalue weighted by Gasteiger charge is -2.38. The van der Waals surface area contributed by atoms with Crippen LogP contribution in [0.25, 0.3) is 11.1 Å². The summed E-state index contributed by atoms with van der Waals surface area (Å²) >= 11 is 0. The van der Waals surface area contributed by atoms with E-state index in [0.29, 0.717) is 13.0 Å². The predicted octanol–water partition coefficient (Wildman–Crippen LogP) is 8.57. The van der Waals surface area contributed by atoms with Crippen LogP contribution in [0.1, 0.15) is 52.2 Å². The minimum atomic E-state index is -3.62. The van der Waals surface area contributed by atoms with Crippen LogP contribution in [0.15, 0.2) is 169 Å². The van der Waals surface area contributed by atoms with Crippen molar-refractivity contribution in [3.05, 3.63) is 197 Å². The van der Waals surface area contributed by atoms with Crippen LogP contribution in [0.3, 0.4) is 0 Å². The first-order valence-electron chi connectivity index (χ1n) is 18.0. The highest BCUT2D eigenvalue weighted by molar-refractivity contribution is 7.89. The average Bonchev–Trinajstić information content (AvgIpc) is 3.21. The Morgan fingerprint density at radius 2 is 1.19 bits per heavy atom. The molecule has 0 saturated carbocycles. The lowest BCUT2D eigenvalue weighted by molar-refractivity contribution is -0.253. The van der Waals surface area contributed by atoms with Gasteiger partial charge in [0.05, 0.1) is 23.7 Å². The Bertz CT molecular complexity index is 2110. The number of ether oxygens (including phenoxy) is 2. The van der Waals surface area contributed by atoms with Crippen molar-refractivity contribution in [3.8, 4) is 11.1 Å². The minimum absolute atomic E-state index is 0.00729. The van der Waals surface area contributed by atoms with E-state index >= 15 is 0 Å². The number of hydrogen-bond donors (Lipinski definition) is 2. The number of nitrogens with one attached hydrogen (secondary N) is 1. The van der Waals surface area contributed by atoms with E-state index in [1.54, 1.807) is 30.3 Å². The van der Waals surface area contributed by atoms with Crippen molar-refractivity contribution in [1.29, 1.82) is 0 Å². The maximum Gasteiger partial charge on any atom is 0.240 e. The van der Waals surface area contributed by atoms with Gasteiger partial charge in [0.25, 0.3) is 0 Å². The van der Waals surface area contributed by atoms with E-state index in [1.165, 1.54) is 11.1 Å². The van der Waals surface area contributed by atoms with Crippen molar-refractivity contribution < 1.29 is 23.0 Å². The third-order valence-corrected chi connectivity index (χ3v) is 11.0. The van der Waals surface area contributed by atoms with Crippen molar-refractivity contribution in [2.24, 2.45) is 0 Å². The molecule has 6 aromatic carbocycles. The number of rotatable bonds is 14. The number of nitrogens with zero attached hydrogens (tertiary/aromatic N) is 1. The molecule has 7 rings (SSSR count). The van der Waals surface area contributed by atoms with Crippen molar-refractivity contribution in [3.63, 3.8) is 0 Å². The average molecular weight is 725 g/mol. The molecule has 0 aromatic heterocycles. The fourth-order valence-corrected chi connectivity index (χ4v) is 7.78. The molecule has 0 amide bonds. The summed E-state index contributed by atoms with van der Waals surface area (Å²) in [5, 5.41) is 9.65. The number of aliphatic hydroxyl groups is 1. The summed E-state index contributed by atoms with van der Waals surface area (Å²) < 4.78 is 41.7. The van der Waals surface area contributed by atoms with Gasteiger partial charge in [0.2, 0.25) is 10.0 Å². The van der Waals surface area contributed by atoms with Crippen molar-refractivity contribution in [2.45, 2.75) is 56.1 Å². The van der Waals surface area contributed by atoms with Gasteiger partial charge in [-0.3, -0.25) is 4.90 Å². The number of aliphatic hydroxyl groups excluding tert-OH is 1. The summed E-state index contributed by atoms with van der Waals surface area (Å²) in [6, 6.07) is 53.5. The molecule has 1 saturated heterocycles. The molecule has 6 aromatic rings. The van der Waals surface area contributed by atoms with Crippen LogP contribution in [0.2, 0.25) is 0 Å². The zero-order valence-electron chi connectivity index (χ0n) is 29.5. The molecule has 1 aliphatic heterocycles. The molecule has 0 spiro atoms. The van der Waals surface area contributed by atoms with E-state index < -0.39 is 16.3 Å². The second-order valence-electron chi connectivity index (χ2n) is 13.5. The smallest absolute Gasteiger partial charge is 0.240 e. The summed E-state index contributed by atoms with van der Waals surface area (Å²) in [4.78, 5) is 2.69. The number of sulfonamides is 1. The van der Waals surface area contributed by atoms with Crippen LogP contribution < -0.4 is 4.72 Å². The van der Waals surface area contributed by atoms with Gasteiger partial charge in [-0.15, -0.1) is 0 Å². The third-order valence-electron chi connectivity index (χ3n) is 9.54. The highest BCUT2D eigenvalue weighted by Gasteiger charge is 2.33. The Balaban J connectivity index is 1.10. The predicted molar refractivity (Wildman–Crippen MR) is 208 cm³/mol. The number of benzene rings is 6. The molecule has 2 N–H and O–H groups in total. The molecule has 8 heteroatoms. The summed E-state index contributed by atoms with van der Waals surface area (Å²) in [6.45, 7) is 2.47. The molecule has 270 valence electrons. The lowest BCUT2D eigenvalue weighted by Crippen LogP contribution is -2.39. The normalized spacial score (nSPS) is 17.5. The highest BCUT2D eigenvalue weighted by Crippen LogP contribution is 2.39.